The SMILES string of the molecule is Cn1c(C2CC3CCC2C3)nc2ccc(N)cc21. The van der Waals surface area contributed by atoms with E-state index in [1.807, 2.05) is 18.2 Å². The van der Waals surface area contributed by atoms with Crippen molar-refractivity contribution in [2.45, 2.75) is 31.6 Å². The molecule has 1 heterocycles. The zero-order valence-electron chi connectivity index (χ0n) is 10.8. The molecule has 2 saturated carbocycles. The Bertz CT molecular complexity index is 613. The standard InChI is InChI=1S/C15H19N3/c1-18-14-8-11(16)4-5-13(14)17-15(18)12-7-9-2-3-10(12)6-9/h4-5,8-10,12H,2-3,6-7,16H2,1H3. The molecule has 3 nitrogen and oxygen atoms in total. The predicted octanol–water partition coefficient (Wildman–Crippen LogP) is 3.06. The van der Waals surface area contributed by atoms with Gasteiger partial charge in [0.2, 0.25) is 0 Å². The lowest BCUT2D eigenvalue weighted by Gasteiger charge is -2.21. The molecule has 3 unspecified atom stereocenters. The molecule has 2 aliphatic carbocycles. The highest BCUT2D eigenvalue weighted by atomic mass is 15.1. The van der Waals surface area contributed by atoms with Gasteiger partial charge in [-0.2, -0.15) is 0 Å². The monoisotopic (exact) mass is 241 g/mol. The molecule has 0 radical (unpaired) electrons. The van der Waals surface area contributed by atoms with E-state index in [2.05, 4.69) is 11.6 Å². The van der Waals surface area contributed by atoms with Gasteiger partial charge >= 0.3 is 0 Å². The summed E-state index contributed by atoms with van der Waals surface area (Å²) in [5.41, 5.74) is 8.96. The van der Waals surface area contributed by atoms with Crippen LogP contribution in [0, 0.1) is 11.8 Å². The van der Waals surface area contributed by atoms with E-state index >= 15 is 0 Å². The van der Waals surface area contributed by atoms with Gasteiger partial charge < -0.3 is 10.3 Å². The molecular weight excluding hydrogens is 222 g/mol. The largest absolute Gasteiger partial charge is 0.399 e. The van der Waals surface area contributed by atoms with Crippen molar-refractivity contribution in [3.05, 3.63) is 24.0 Å². The molecule has 1 aromatic carbocycles. The molecule has 3 atom stereocenters. The molecule has 18 heavy (non-hydrogen) atoms. The summed E-state index contributed by atoms with van der Waals surface area (Å²) in [6.45, 7) is 0. The second-order valence-corrected chi connectivity index (χ2v) is 6.06. The van der Waals surface area contributed by atoms with E-state index in [0.29, 0.717) is 5.92 Å². The fourth-order valence-electron chi connectivity index (χ4n) is 4.12. The topological polar surface area (TPSA) is 43.8 Å². The van der Waals surface area contributed by atoms with Gasteiger partial charge in [-0.3, -0.25) is 0 Å². The van der Waals surface area contributed by atoms with Crippen LogP contribution in [0.3, 0.4) is 0 Å². The maximum Gasteiger partial charge on any atom is 0.113 e. The molecule has 0 saturated heterocycles. The van der Waals surface area contributed by atoms with Crippen molar-refractivity contribution in [1.82, 2.24) is 9.55 Å². The second kappa shape index (κ2) is 3.50. The number of hydrogen-bond acceptors (Lipinski definition) is 2. The van der Waals surface area contributed by atoms with E-state index in [-0.39, 0.29) is 0 Å². The number of benzene rings is 1. The van der Waals surface area contributed by atoms with Crippen molar-refractivity contribution in [3.8, 4) is 0 Å². The number of rotatable bonds is 1. The molecule has 2 aromatic rings. The Hall–Kier alpha value is -1.51. The van der Waals surface area contributed by atoms with Gasteiger partial charge in [-0.1, -0.05) is 6.42 Å². The fraction of sp³-hybridized carbons (Fsp3) is 0.533. The van der Waals surface area contributed by atoms with Gasteiger partial charge in [-0.05, 0) is 49.3 Å². The van der Waals surface area contributed by atoms with Crippen LogP contribution in [-0.4, -0.2) is 9.55 Å². The lowest BCUT2D eigenvalue weighted by molar-refractivity contribution is 0.400. The molecule has 2 fully saturated rings. The van der Waals surface area contributed by atoms with Gasteiger partial charge in [0.25, 0.3) is 0 Å². The minimum absolute atomic E-state index is 0.683. The Labute approximate surface area is 107 Å². The number of hydrogen-bond donors (Lipinski definition) is 1. The lowest BCUT2D eigenvalue weighted by atomic mass is 9.88. The first-order chi connectivity index (χ1) is 8.72. The number of nitrogens with zero attached hydrogens (tertiary/aromatic N) is 2. The Kier molecular flexibility index (Phi) is 2.02. The normalized spacial score (nSPS) is 30.4. The van der Waals surface area contributed by atoms with Gasteiger partial charge in [0.05, 0.1) is 11.0 Å². The van der Waals surface area contributed by atoms with Gasteiger partial charge in [-0.15, -0.1) is 0 Å². The number of nitrogens with two attached hydrogens (primary N) is 1. The number of imidazole rings is 1. The van der Waals surface area contributed by atoms with Gasteiger partial charge in [0.1, 0.15) is 5.82 Å². The molecule has 94 valence electrons. The summed E-state index contributed by atoms with van der Waals surface area (Å²) >= 11 is 0. The Morgan fingerprint density at radius 3 is 2.89 bits per heavy atom. The molecule has 0 aliphatic heterocycles. The average Bonchev–Trinajstić information content (AvgIpc) is 3.04. The predicted molar refractivity (Wildman–Crippen MR) is 73.3 cm³/mol. The van der Waals surface area contributed by atoms with Crippen molar-refractivity contribution >= 4 is 16.7 Å². The highest BCUT2D eigenvalue weighted by molar-refractivity contribution is 5.79. The molecule has 2 aliphatic rings. The van der Waals surface area contributed by atoms with E-state index in [1.54, 1.807) is 0 Å². The van der Waals surface area contributed by atoms with Gasteiger partial charge in [-0.25, -0.2) is 4.98 Å². The molecule has 0 amide bonds. The molecule has 1 aromatic heterocycles. The number of aryl methyl sites for hydroxylation is 1. The van der Waals surface area contributed by atoms with Crippen LogP contribution in [-0.2, 0) is 7.05 Å². The maximum absolute atomic E-state index is 5.87. The Morgan fingerprint density at radius 2 is 2.17 bits per heavy atom. The molecule has 3 heteroatoms. The zero-order chi connectivity index (χ0) is 12.3. The molecule has 4 rings (SSSR count). The van der Waals surface area contributed by atoms with Gasteiger partial charge in [0, 0.05) is 18.7 Å². The first-order valence-electron chi connectivity index (χ1n) is 6.94. The fourth-order valence-corrected chi connectivity index (χ4v) is 4.12. The number of aromatic nitrogens is 2. The summed E-state index contributed by atoms with van der Waals surface area (Å²) in [5.74, 6) is 3.80. The summed E-state index contributed by atoms with van der Waals surface area (Å²) in [6.07, 6.45) is 5.62. The van der Waals surface area contributed by atoms with Crippen LogP contribution in [0.5, 0.6) is 0 Å². The summed E-state index contributed by atoms with van der Waals surface area (Å²) < 4.78 is 2.26. The lowest BCUT2D eigenvalue weighted by Crippen LogP contribution is -2.13. The first kappa shape index (κ1) is 10.4. The molecular formula is C15H19N3. The smallest absolute Gasteiger partial charge is 0.113 e. The van der Waals surface area contributed by atoms with Crippen LogP contribution in [0.1, 0.15) is 37.4 Å². The summed E-state index contributed by atoms with van der Waals surface area (Å²) in [6, 6.07) is 6.03. The van der Waals surface area contributed by atoms with E-state index in [9.17, 15) is 0 Å². The molecule has 2 N–H and O–H groups in total. The van der Waals surface area contributed by atoms with E-state index in [4.69, 9.17) is 10.7 Å². The van der Waals surface area contributed by atoms with Crippen molar-refractivity contribution in [3.63, 3.8) is 0 Å². The van der Waals surface area contributed by atoms with E-state index in [0.717, 1.165) is 23.0 Å². The summed E-state index contributed by atoms with van der Waals surface area (Å²) in [5, 5.41) is 0. The van der Waals surface area contributed by atoms with Crippen molar-refractivity contribution in [2.75, 3.05) is 5.73 Å². The van der Waals surface area contributed by atoms with Crippen LogP contribution in [0.25, 0.3) is 11.0 Å². The highest BCUT2D eigenvalue weighted by Gasteiger charge is 2.42. The van der Waals surface area contributed by atoms with Crippen molar-refractivity contribution < 1.29 is 0 Å². The van der Waals surface area contributed by atoms with Crippen LogP contribution in [0.15, 0.2) is 18.2 Å². The number of fused-ring (bicyclic) bond motifs is 3. The van der Waals surface area contributed by atoms with Crippen LogP contribution in [0.2, 0.25) is 0 Å². The number of nitrogen functional groups attached to an aromatic ring is 1. The molecule has 0 spiro atoms. The number of anilines is 1. The van der Waals surface area contributed by atoms with Crippen LogP contribution in [0.4, 0.5) is 5.69 Å². The van der Waals surface area contributed by atoms with Gasteiger partial charge in [0.15, 0.2) is 0 Å². The minimum Gasteiger partial charge on any atom is -0.399 e. The van der Waals surface area contributed by atoms with E-state index < -0.39 is 0 Å². The zero-order valence-corrected chi connectivity index (χ0v) is 10.8. The summed E-state index contributed by atoms with van der Waals surface area (Å²) in [4.78, 5) is 4.86. The third kappa shape index (κ3) is 1.33. The summed E-state index contributed by atoms with van der Waals surface area (Å²) in [7, 11) is 2.14. The Morgan fingerprint density at radius 1 is 1.28 bits per heavy atom. The average molecular weight is 241 g/mol. The first-order valence-corrected chi connectivity index (χ1v) is 6.94. The Balaban J connectivity index is 1.83. The molecule has 2 bridgehead atoms. The third-order valence-electron chi connectivity index (χ3n) is 5.01. The maximum atomic E-state index is 5.87. The minimum atomic E-state index is 0.683. The second-order valence-electron chi connectivity index (χ2n) is 6.06. The van der Waals surface area contributed by atoms with E-state index in [1.165, 1.54) is 37.0 Å². The van der Waals surface area contributed by atoms with Crippen LogP contribution >= 0.6 is 0 Å². The third-order valence-corrected chi connectivity index (χ3v) is 5.01. The quantitative estimate of drug-likeness (QED) is 0.780. The van der Waals surface area contributed by atoms with Crippen molar-refractivity contribution in [1.29, 1.82) is 0 Å². The van der Waals surface area contributed by atoms with Crippen LogP contribution < -0.4 is 5.73 Å². The van der Waals surface area contributed by atoms with Crippen molar-refractivity contribution in [2.24, 2.45) is 18.9 Å². The highest BCUT2D eigenvalue weighted by Crippen LogP contribution is 2.52.